The molecular formula is C17H24N6O2. The summed E-state index contributed by atoms with van der Waals surface area (Å²) in [6.45, 7) is 7.14. The zero-order valence-corrected chi connectivity index (χ0v) is 14.8. The lowest BCUT2D eigenvalue weighted by Gasteiger charge is -2.31. The molecule has 8 nitrogen and oxygen atoms in total. The number of hydrogen-bond acceptors (Lipinski definition) is 4. The fraction of sp³-hybridized carbons (Fsp3) is 0.529. The molecule has 0 aliphatic carbocycles. The number of carbonyl (C=O) groups excluding carboxylic acids is 1. The molecule has 134 valence electrons. The fourth-order valence-corrected chi connectivity index (χ4v) is 3.08. The van der Waals surface area contributed by atoms with Gasteiger partial charge in [-0.1, -0.05) is 0 Å². The lowest BCUT2D eigenvalue weighted by molar-refractivity contribution is 0.194. The van der Waals surface area contributed by atoms with E-state index in [9.17, 15) is 9.59 Å². The minimum absolute atomic E-state index is 0.114. The molecule has 0 aromatic carbocycles. The van der Waals surface area contributed by atoms with E-state index in [2.05, 4.69) is 20.4 Å². The molecular weight excluding hydrogens is 320 g/mol. The number of nitrogens with zero attached hydrogens (tertiary/aromatic N) is 4. The second-order valence-electron chi connectivity index (χ2n) is 6.75. The smallest absolute Gasteiger partial charge is 0.321 e. The highest BCUT2D eigenvalue weighted by molar-refractivity contribution is 5.89. The first kappa shape index (κ1) is 17.2. The number of nitrogens with one attached hydrogen (secondary N) is 2. The fourth-order valence-electron chi connectivity index (χ4n) is 3.08. The molecule has 8 heteroatoms. The topological polar surface area (TPSA) is 95.9 Å². The van der Waals surface area contributed by atoms with Crippen LogP contribution in [0.15, 0.2) is 23.3 Å². The zero-order valence-electron chi connectivity index (χ0n) is 14.8. The van der Waals surface area contributed by atoms with Crippen LogP contribution in [-0.4, -0.2) is 43.8 Å². The van der Waals surface area contributed by atoms with Crippen LogP contribution in [0.3, 0.4) is 0 Å². The molecule has 0 spiro atoms. The average molecular weight is 344 g/mol. The molecule has 1 aliphatic heterocycles. The van der Waals surface area contributed by atoms with E-state index in [0.29, 0.717) is 24.6 Å². The van der Waals surface area contributed by atoms with Crippen LogP contribution in [0.1, 0.15) is 50.2 Å². The molecule has 2 N–H and O–H groups in total. The number of amides is 2. The summed E-state index contributed by atoms with van der Waals surface area (Å²) in [6, 6.07) is 1.71. The van der Waals surface area contributed by atoms with Crippen LogP contribution in [0, 0.1) is 6.92 Å². The SMILES string of the molecule is Cc1nc(C2CCN(C(=O)Nc3cnn(C(C)C)c3)CC2)cc(=O)[nH]1. The van der Waals surface area contributed by atoms with Crippen molar-refractivity contribution in [3.63, 3.8) is 0 Å². The second-order valence-corrected chi connectivity index (χ2v) is 6.75. The number of urea groups is 1. The summed E-state index contributed by atoms with van der Waals surface area (Å²) in [6.07, 6.45) is 5.09. The molecule has 3 heterocycles. The normalized spacial score (nSPS) is 15.6. The molecule has 0 atom stereocenters. The van der Waals surface area contributed by atoms with Gasteiger partial charge in [-0.25, -0.2) is 9.78 Å². The highest BCUT2D eigenvalue weighted by atomic mass is 16.2. The number of likely N-dealkylation sites (tertiary alicyclic amines) is 1. The molecule has 0 bridgehead atoms. The summed E-state index contributed by atoms with van der Waals surface area (Å²) in [4.78, 5) is 32.9. The average Bonchev–Trinajstić information content (AvgIpc) is 3.03. The lowest BCUT2D eigenvalue weighted by atomic mass is 9.93. The van der Waals surface area contributed by atoms with Gasteiger partial charge in [0.25, 0.3) is 5.56 Å². The van der Waals surface area contributed by atoms with Crippen molar-refractivity contribution in [2.24, 2.45) is 0 Å². The Hall–Kier alpha value is -2.64. The Morgan fingerprint density at radius 3 is 2.68 bits per heavy atom. The quantitative estimate of drug-likeness (QED) is 0.893. The minimum atomic E-state index is -0.121. The molecule has 0 unspecified atom stereocenters. The van der Waals surface area contributed by atoms with E-state index in [1.807, 2.05) is 24.7 Å². The maximum atomic E-state index is 12.4. The number of rotatable bonds is 3. The number of carbonyl (C=O) groups is 1. The zero-order chi connectivity index (χ0) is 18.0. The van der Waals surface area contributed by atoms with Crippen LogP contribution in [0.2, 0.25) is 0 Å². The van der Waals surface area contributed by atoms with E-state index >= 15 is 0 Å². The lowest BCUT2D eigenvalue weighted by Crippen LogP contribution is -2.40. The molecule has 0 radical (unpaired) electrons. The Balaban J connectivity index is 1.57. The third kappa shape index (κ3) is 4.07. The second kappa shape index (κ2) is 7.08. The van der Waals surface area contributed by atoms with Gasteiger partial charge >= 0.3 is 6.03 Å². The molecule has 1 saturated heterocycles. The number of piperidine rings is 1. The number of hydrogen-bond donors (Lipinski definition) is 2. The molecule has 2 aromatic rings. The summed E-state index contributed by atoms with van der Waals surface area (Å²) in [5.41, 5.74) is 1.40. The van der Waals surface area contributed by atoms with Crippen LogP contribution in [0.4, 0.5) is 10.5 Å². The van der Waals surface area contributed by atoms with Gasteiger partial charge in [-0.15, -0.1) is 0 Å². The predicted molar refractivity (Wildman–Crippen MR) is 94.8 cm³/mol. The summed E-state index contributed by atoms with van der Waals surface area (Å²) >= 11 is 0. The van der Waals surface area contributed by atoms with Gasteiger partial charge < -0.3 is 15.2 Å². The van der Waals surface area contributed by atoms with Gasteiger partial charge in [0.15, 0.2) is 0 Å². The highest BCUT2D eigenvalue weighted by Crippen LogP contribution is 2.26. The van der Waals surface area contributed by atoms with Gasteiger partial charge in [0.05, 0.1) is 17.6 Å². The number of aryl methyl sites for hydroxylation is 1. The standard InChI is InChI=1S/C17H24N6O2/c1-11(2)23-10-14(9-18-23)21-17(25)22-6-4-13(5-7-22)15-8-16(24)20-12(3)19-15/h8-11,13H,4-7H2,1-3H3,(H,21,25)(H,19,20,24). The maximum Gasteiger partial charge on any atom is 0.321 e. The minimum Gasteiger partial charge on any atom is -0.324 e. The van der Waals surface area contributed by atoms with E-state index in [1.165, 1.54) is 0 Å². The molecule has 2 amide bonds. The molecule has 1 fully saturated rings. The van der Waals surface area contributed by atoms with Crippen molar-refractivity contribution in [3.8, 4) is 0 Å². The van der Waals surface area contributed by atoms with E-state index in [0.717, 1.165) is 18.5 Å². The van der Waals surface area contributed by atoms with Crippen LogP contribution in [0.5, 0.6) is 0 Å². The van der Waals surface area contributed by atoms with Crippen molar-refractivity contribution in [3.05, 3.63) is 40.3 Å². The van der Waals surface area contributed by atoms with Crippen LogP contribution in [0.25, 0.3) is 0 Å². The molecule has 1 aliphatic rings. The monoisotopic (exact) mass is 344 g/mol. The van der Waals surface area contributed by atoms with Crippen LogP contribution >= 0.6 is 0 Å². The Labute approximate surface area is 146 Å². The van der Waals surface area contributed by atoms with Gasteiger partial charge in [-0.05, 0) is 33.6 Å². The summed E-state index contributed by atoms with van der Waals surface area (Å²) in [7, 11) is 0. The Morgan fingerprint density at radius 1 is 1.36 bits per heavy atom. The van der Waals surface area contributed by atoms with Crippen LogP contribution in [-0.2, 0) is 0 Å². The summed E-state index contributed by atoms with van der Waals surface area (Å²) in [5, 5.41) is 7.12. The van der Waals surface area contributed by atoms with Crippen molar-refractivity contribution in [2.45, 2.75) is 45.6 Å². The van der Waals surface area contributed by atoms with Crippen molar-refractivity contribution in [2.75, 3.05) is 18.4 Å². The van der Waals surface area contributed by atoms with Crippen molar-refractivity contribution in [1.29, 1.82) is 0 Å². The number of aromatic amines is 1. The molecule has 3 rings (SSSR count). The third-order valence-electron chi connectivity index (χ3n) is 4.46. The first-order valence-corrected chi connectivity index (χ1v) is 8.60. The molecule has 0 saturated carbocycles. The van der Waals surface area contributed by atoms with E-state index in [-0.39, 0.29) is 23.6 Å². The van der Waals surface area contributed by atoms with Crippen molar-refractivity contribution >= 4 is 11.7 Å². The third-order valence-corrected chi connectivity index (χ3v) is 4.46. The maximum absolute atomic E-state index is 12.4. The number of aromatic nitrogens is 4. The Kier molecular flexibility index (Phi) is 4.87. The van der Waals surface area contributed by atoms with Gasteiger partial charge in [0.2, 0.25) is 0 Å². The van der Waals surface area contributed by atoms with Gasteiger partial charge in [-0.3, -0.25) is 9.48 Å². The van der Waals surface area contributed by atoms with Crippen molar-refractivity contribution in [1.82, 2.24) is 24.6 Å². The first-order chi connectivity index (χ1) is 11.9. The molecule has 25 heavy (non-hydrogen) atoms. The van der Waals surface area contributed by atoms with E-state index < -0.39 is 0 Å². The summed E-state index contributed by atoms with van der Waals surface area (Å²) < 4.78 is 1.81. The van der Waals surface area contributed by atoms with Crippen LogP contribution < -0.4 is 10.9 Å². The van der Waals surface area contributed by atoms with Gasteiger partial charge in [0.1, 0.15) is 5.82 Å². The predicted octanol–water partition coefficient (Wildman–Crippen LogP) is 2.27. The van der Waals surface area contributed by atoms with Crippen molar-refractivity contribution < 1.29 is 4.79 Å². The number of H-pyrrole nitrogens is 1. The van der Waals surface area contributed by atoms with Gasteiger partial charge in [0, 0.05) is 37.3 Å². The summed E-state index contributed by atoms with van der Waals surface area (Å²) in [5.74, 6) is 0.846. The van der Waals surface area contributed by atoms with Gasteiger partial charge in [-0.2, -0.15) is 5.10 Å². The first-order valence-electron chi connectivity index (χ1n) is 8.60. The Bertz CT molecular complexity index is 801. The largest absolute Gasteiger partial charge is 0.324 e. The highest BCUT2D eigenvalue weighted by Gasteiger charge is 2.25. The van der Waals surface area contributed by atoms with E-state index in [4.69, 9.17) is 0 Å². The van der Waals surface area contributed by atoms with E-state index in [1.54, 1.807) is 24.1 Å². The Morgan fingerprint density at radius 2 is 2.08 bits per heavy atom. The molecule has 2 aromatic heterocycles. The number of anilines is 1.